The number of alkyl halides is 7. The van der Waals surface area contributed by atoms with Crippen LogP contribution < -0.4 is 0 Å². The maximum absolute atomic E-state index is 14.6. The number of halogens is 8. The molecule has 41 heavy (non-hydrogen) atoms. The molecule has 1 aliphatic carbocycles. The molecule has 2 aromatic rings. The Morgan fingerprint density at radius 3 is 1.76 bits per heavy atom. The first kappa shape index (κ1) is 31.7. The maximum Gasteiger partial charge on any atom is 0.435 e. The summed E-state index contributed by atoms with van der Waals surface area (Å²) in [6, 6.07) is 6.06. The van der Waals surface area contributed by atoms with E-state index in [0.717, 1.165) is 36.4 Å². The molecule has 2 aromatic carbocycles. The van der Waals surface area contributed by atoms with Crippen molar-refractivity contribution in [3.8, 4) is 0 Å². The zero-order valence-electron chi connectivity index (χ0n) is 21.5. The average Bonchev–Trinajstić information content (AvgIpc) is 2.89. The molecule has 0 aromatic heterocycles. The smallest absolute Gasteiger partial charge is 0.301 e. The molecular weight excluding hydrogens is 606 g/mol. The van der Waals surface area contributed by atoms with Gasteiger partial charge in [-0.3, -0.25) is 0 Å². The highest BCUT2D eigenvalue weighted by Crippen LogP contribution is 2.54. The van der Waals surface area contributed by atoms with Crippen LogP contribution >= 0.6 is 0 Å². The van der Waals surface area contributed by atoms with Gasteiger partial charge in [-0.15, -0.1) is 0 Å². The van der Waals surface area contributed by atoms with Gasteiger partial charge >= 0.3 is 18.0 Å². The maximum atomic E-state index is 14.6. The normalized spacial score (nSPS) is 24.7. The quantitative estimate of drug-likeness (QED) is 0.302. The molecule has 2 fully saturated rings. The Labute approximate surface area is 232 Å². The van der Waals surface area contributed by atoms with Gasteiger partial charge in [0.2, 0.25) is 0 Å². The predicted octanol–water partition coefficient (Wildman–Crippen LogP) is 5.70. The van der Waals surface area contributed by atoms with E-state index in [0.29, 0.717) is 44.6 Å². The summed E-state index contributed by atoms with van der Waals surface area (Å²) >= 11 is 0. The number of benzene rings is 2. The van der Waals surface area contributed by atoms with Crippen LogP contribution in [0.3, 0.4) is 0 Å². The van der Waals surface area contributed by atoms with Crippen molar-refractivity contribution >= 4 is 19.7 Å². The largest absolute Gasteiger partial charge is 0.435 e. The van der Waals surface area contributed by atoms with E-state index in [-0.39, 0.29) is 40.7 Å². The van der Waals surface area contributed by atoms with Crippen molar-refractivity contribution in [1.82, 2.24) is 4.90 Å². The minimum absolute atomic E-state index is 0.000859. The Hall–Kier alpha value is -2.26. The molecule has 1 aliphatic heterocycles. The van der Waals surface area contributed by atoms with Crippen LogP contribution in [0.25, 0.3) is 0 Å². The van der Waals surface area contributed by atoms with Gasteiger partial charge in [-0.1, -0.05) is 24.3 Å². The highest BCUT2D eigenvalue weighted by molar-refractivity contribution is 7.92. The van der Waals surface area contributed by atoms with Gasteiger partial charge in [0.15, 0.2) is 19.7 Å². The van der Waals surface area contributed by atoms with E-state index < -0.39 is 53.8 Å². The molecule has 5 nitrogen and oxygen atoms in total. The Bertz CT molecular complexity index is 1420. The second kappa shape index (κ2) is 10.8. The average molecular weight is 634 g/mol. The molecule has 0 spiro atoms. The van der Waals surface area contributed by atoms with Crippen molar-refractivity contribution in [3.63, 3.8) is 0 Å². The van der Waals surface area contributed by atoms with E-state index in [1.165, 1.54) is 0 Å². The molecule has 0 atom stereocenters. The third-order valence-corrected chi connectivity index (χ3v) is 12.3. The third-order valence-electron chi connectivity index (χ3n) is 8.09. The van der Waals surface area contributed by atoms with E-state index in [1.807, 2.05) is 4.90 Å². The molecule has 0 unspecified atom stereocenters. The lowest BCUT2D eigenvalue weighted by atomic mass is 9.77. The summed E-state index contributed by atoms with van der Waals surface area (Å²) in [6.07, 6.45) is -12.2. The van der Waals surface area contributed by atoms with Crippen LogP contribution in [0, 0.1) is 11.7 Å². The van der Waals surface area contributed by atoms with E-state index >= 15 is 0 Å². The van der Waals surface area contributed by atoms with Crippen LogP contribution in [-0.2, 0) is 30.1 Å². The second-order valence-electron chi connectivity index (χ2n) is 10.6. The number of hydrogen-bond acceptors (Lipinski definition) is 5. The second-order valence-corrected chi connectivity index (χ2v) is 15.1. The Kier molecular flexibility index (Phi) is 8.33. The van der Waals surface area contributed by atoms with Gasteiger partial charge in [0.05, 0.1) is 16.4 Å². The van der Waals surface area contributed by atoms with Crippen LogP contribution in [0.1, 0.15) is 36.8 Å². The van der Waals surface area contributed by atoms with E-state index in [2.05, 4.69) is 0 Å². The van der Waals surface area contributed by atoms with Crippen molar-refractivity contribution in [2.75, 3.05) is 31.1 Å². The highest BCUT2D eigenvalue weighted by atomic mass is 32.2. The molecule has 0 N–H and O–H groups in total. The Morgan fingerprint density at radius 2 is 1.29 bits per heavy atom. The van der Waals surface area contributed by atoms with Crippen molar-refractivity contribution in [2.45, 2.75) is 53.3 Å². The number of sulfone groups is 2. The minimum Gasteiger partial charge on any atom is -0.301 e. The Morgan fingerprint density at radius 1 is 0.805 bits per heavy atom. The van der Waals surface area contributed by atoms with Gasteiger partial charge in [0, 0.05) is 25.2 Å². The molecule has 15 heteroatoms. The van der Waals surface area contributed by atoms with Crippen molar-refractivity contribution in [3.05, 3.63) is 65.5 Å². The SMILES string of the molecule is O=S1(=O)CCN(CC2CCC(c3ccc(C(F)(C(F)(F)F)C(F)(F)F)cc3)(S(=O)(=O)c3ccc(F)cc3)CC2)CC1. The van der Waals surface area contributed by atoms with Crippen molar-refractivity contribution in [1.29, 1.82) is 0 Å². The van der Waals surface area contributed by atoms with Gasteiger partial charge in [-0.2, -0.15) is 26.3 Å². The number of nitrogens with zero attached hydrogens (tertiary/aromatic N) is 1. The molecule has 228 valence electrons. The van der Waals surface area contributed by atoms with E-state index in [4.69, 9.17) is 0 Å². The van der Waals surface area contributed by atoms with E-state index in [9.17, 15) is 52.0 Å². The lowest BCUT2D eigenvalue weighted by molar-refractivity contribution is -0.348. The fraction of sp³-hybridized carbons (Fsp3) is 0.538. The molecule has 0 bridgehead atoms. The molecule has 0 amide bonds. The standard InChI is InChI=1S/C26H27F8NO4S2/c27-21-5-7-22(8-6-21)41(38,39)23(11-9-18(10-12-23)17-35-13-15-40(36,37)16-14-35)19-1-3-20(4-2-19)24(28,25(29,30)31)26(32,33)34/h1-8,18H,9-17H2. The van der Waals surface area contributed by atoms with Crippen LogP contribution in [0.5, 0.6) is 0 Å². The molecule has 1 saturated heterocycles. The fourth-order valence-electron chi connectivity index (χ4n) is 5.67. The molecule has 0 radical (unpaired) electrons. The summed E-state index contributed by atoms with van der Waals surface area (Å²) < 4.78 is 157. The number of hydrogen-bond donors (Lipinski definition) is 0. The van der Waals surface area contributed by atoms with Gasteiger partial charge in [0.25, 0.3) is 0 Å². The van der Waals surface area contributed by atoms with Crippen molar-refractivity contribution < 1.29 is 52.0 Å². The summed E-state index contributed by atoms with van der Waals surface area (Å²) in [5.74, 6) is -0.768. The predicted molar refractivity (Wildman–Crippen MR) is 134 cm³/mol. The lowest BCUT2D eigenvalue weighted by Gasteiger charge is -2.42. The first-order valence-corrected chi connectivity index (χ1v) is 16.0. The summed E-state index contributed by atoms with van der Waals surface area (Å²) in [6.45, 7) is 1.13. The highest BCUT2D eigenvalue weighted by Gasteiger charge is 2.73. The first-order valence-electron chi connectivity index (χ1n) is 12.7. The zero-order valence-corrected chi connectivity index (χ0v) is 23.1. The van der Waals surface area contributed by atoms with Gasteiger partial charge in [0.1, 0.15) is 10.6 Å². The van der Waals surface area contributed by atoms with Crippen LogP contribution in [0.2, 0.25) is 0 Å². The minimum atomic E-state index is -6.32. The van der Waals surface area contributed by atoms with Gasteiger partial charge in [-0.05, 0) is 61.4 Å². The summed E-state index contributed by atoms with van der Waals surface area (Å²) in [5.41, 5.74) is -7.51. The van der Waals surface area contributed by atoms with Gasteiger partial charge < -0.3 is 4.90 Å². The third kappa shape index (κ3) is 5.85. The molecule has 1 saturated carbocycles. The zero-order chi connectivity index (χ0) is 30.5. The molecule has 1 heterocycles. The molecule has 2 aliphatic rings. The van der Waals surface area contributed by atoms with Crippen molar-refractivity contribution in [2.24, 2.45) is 5.92 Å². The summed E-state index contributed by atoms with van der Waals surface area (Å²) in [5, 5.41) is 0. The summed E-state index contributed by atoms with van der Waals surface area (Å²) in [7, 11) is -7.48. The monoisotopic (exact) mass is 633 g/mol. The van der Waals surface area contributed by atoms with E-state index in [1.54, 1.807) is 0 Å². The van der Waals surface area contributed by atoms with Crippen LogP contribution in [0.15, 0.2) is 53.4 Å². The summed E-state index contributed by atoms with van der Waals surface area (Å²) in [4.78, 5) is 1.67. The Balaban J connectivity index is 1.69. The fourth-order valence-corrected chi connectivity index (χ4v) is 9.11. The van der Waals surface area contributed by atoms with Crippen LogP contribution in [-0.4, -0.2) is 65.2 Å². The lowest BCUT2D eigenvalue weighted by Crippen LogP contribution is -2.50. The molecular formula is C26H27F8NO4S2. The topological polar surface area (TPSA) is 71.5 Å². The molecule has 4 rings (SSSR count). The number of rotatable bonds is 6. The first-order chi connectivity index (χ1) is 18.8. The van der Waals surface area contributed by atoms with Crippen LogP contribution in [0.4, 0.5) is 35.1 Å². The van der Waals surface area contributed by atoms with Gasteiger partial charge in [-0.25, -0.2) is 25.6 Å².